The summed E-state index contributed by atoms with van der Waals surface area (Å²) in [5.74, 6) is 1.33. The molecule has 162 valence electrons. The minimum atomic E-state index is -0.589. The lowest BCUT2D eigenvalue weighted by atomic mass is 9.88. The van der Waals surface area contributed by atoms with Crippen LogP contribution in [0.5, 0.6) is 0 Å². The lowest BCUT2D eigenvalue weighted by molar-refractivity contribution is -0.135. The Morgan fingerprint density at radius 3 is 2.66 bits per heavy atom. The third kappa shape index (κ3) is 6.61. The van der Waals surface area contributed by atoms with Crippen LogP contribution < -0.4 is 16.4 Å². The summed E-state index contributed by atoms with van der Waals surface area (Å²) in [6, 6.07) is 3.44. The van der Waals surface area contributed by atoms with Gasteiger partial charge in [-0.25, -0.2) is 4.99 Å². The number of amides is 2. The van der Waals surface area contributed by atoms with E-state index < -0.39 is 5.91 Å². The summed E-state index contributed by atoms with van der Waals surface area (Å²) in [5.41, 5.74) is 5.21. The molecule has 0 aromatic carbocycles. The predicted octanol–water partition coefficient (Wildman–Crippen LogP) is 2.23. The molecule has 2 heterocycles. The van der Waals surface area contributed by atoms with Gasteiger partial charge >= 0.3 is 0 Å². The minimum absolute atomic E-state index is 0. The average Bonchev–Trinajstić information content (AvgIpc) is 3.36. The first-order valence-electron chi connectivity index (χ1n) is 10.3. The number of hydrogen-bond acceptors (Lipinski definition) is 4. The SMILES string of the molecule is CCNC(=NCc1ccc(C(N)=O)o1)NC1CCN(C(=O)C2CCCCC2)C1.I. The molecule has 2 fully saturated rings. The fourth-order valence-corrected chi connectivity index (χ4v) is 3.95. The zero-order chi connectivity index (χ0) is 19.9. The Hall–Kier alpha value is -1.78. The second-order valence-electron chi connectivity index (χ2n) is 7.57. The molecule has 0 radical (unpaired) electrons. The van der Waals surface area contributed by atoms with Gasteiger partial charge in [-0.15, -0.1) is 24.0 Å². The van der Waals surface area contributed by atoms with Crippen molar-refractivity contribution in [2.45, 2.75) is 58.0 Å². The summed E-state index contributed by atoms with van der Waals surface area (Å²) in [6.07, 6.45) is 6.59. The molecule has 1 aliphatic heterocycles. The van der Waals surface area contributed by atoms with Crippen LogP contribution in [0, 0.1) is 5.92 Å². The number of rotatable bonds is 6. The molecular formula is C20H32IN5O3. The normalized spacial score (nSPS) is 20.2. The lowest BCUT2D eigenvalue weighted by Gasteiger charge is -2.26. The van der Waals surface area contributed by atoms with E-state index in [1.165, 1.54) is 19.3 Å². The van der Waals surface area contributed by atoms with E-state index in [0.717, 1.165) is 32.4 Å². The van der Waals surface area contributed by atoms with E-state index >= 15 is 0 Å². The maximum Gasteiger partial charge on any atom is 0.284 e. The number of furan rings is 1. The maximum absolute atomic E-state index is 12.7. The van der Waals surface area contributed by atoms with Crippen LogP contribution in [0.25, 0.3) is 0 Å². The van der Waals surface area contributed by atoms with E-state index in [1.807, 2.05) is 11.8 Å². The van der Waals surface area contributed by atoms with Gasteiger partial charge in [0.2, 0.25) is 5.91 Å². The molecule has 9 heteroatoms. The summed E-state index contributed by atoms with van der Waals surface area (Å²) in [5, 5.41) is 6.64. The number of carbonyl (C=O) groups excluding carboxylic acids is 2. The van der Waals surface area contributed by atoms with Crippen molar-refractivity contribution in [3.8, 4) is 0 Å². The van der Waals surface area contributed by atoms with Crippen LogP contribution in [0.15, 0.2) is 21.5 Å². The third-order valence-electron chi connectivity index (χ3n) is 5.44. The molecule has 1 aromatic heterocycles. The van der Waals surface area contributed by atoms with Crippen molar-refractivity contribution in [2.75, 3.05) is 19.6 Å². The molecule has 4 N–H and O–H groups in total. The number of likely N-dealkylation sites (tertiary alicyclic amines) is 1. The van der Waals surface area contributed by atoms with Crippen molar-refractivity contribution in [2.24, 2.45) is 16.6 Å². The quantitative estimate of drug-likeness (QED) is 0.305. The molecule has 1 saturated heterocycles. The molecule has 2 amide bonds. The zero-order valence-corrected chi connectivity index (χ0v) is 19.3. The van der Waals surface area contributed by atoms with Crippen LogP contribution in [0.1, 0.15) is 61.8 Å². The Balaban J connectivity index is 0.00000300. The van der Waals surface area contributed by atoms with Gasteiger partial charge in [0.15, 0.2) is 11.7 Å². The highest BCUT2D eigenvalue weighted by Gasteiger charge is 2.31. The number of nitrogens with zero attached hydrogens (tertiary/aromatic N) is 2. The van der Waals surface area contributed by atoms with Gasteiger partial charge in [0.05, 0.1) is 0 Å². The summed E-state index contributed by atoms with van der Waals surface area (Å²) in [6.45, 7) is 4.55. The second-order valence-corrected chi connectivity index (χ2v) is 7.57. The van der Waals surface area contributed by atoms with Crippen LogP contribution in [0.4, 0.5) is 0 Å². The standard InChI is InChI=1S/C20H31N5O3.HI/c1-2-22-20(23-12-16-8-9-17(28-16)18(21)26)24-15-10-11-25(13-15)19(27)14-6-4-3-5-7-14;/h8-9,14-15H,2-7,10-13H2,1H3,(H2,21,26)(H2,22,23,24);1H. The molecule has 3 rings (SSSR count). The molecule has 1 unspecified atom stereocenters. The van der Waals surface area contributed by atoms with Gasteiger partial charge in [-0.05, 0) is 38.3 Å². The Morgan fingerprint density at radius 1 is 1.24 bits per heavy atom. The zero-order valence-electron chi connectivity index (χ0n) is 17.0. The number of aliphatic imine (C=N–C) groups is 1. The van der Waals surface area contributed by atoms with E-state index in [0.29, 0.717) is 30.7 Å². The summed E-state index contributed by atoms with van der Waals surface area (Å²) in [7, 11) is 0. The molecule has 29 heavy (non-hydrogen) atoms. The summed E-state index contributed by atoms with van der Waals surface area (Å²) >= 11 is 0. The van der Waals surface area contributed by atoms with Gasteiger partial charge in [0.1, 0.15) is 12.3 Å². The number of nitrogens with two attached hydrogens (primary N) is 1. The van der Waals surface area contributed by atoms with Crippen molar-refractivity contribution in [1.29, 1.82) is 0 Å². The molecule has 1 aromatic rings. The number of guanidine groups is 1. The number of primary amides is 1. The summed E-state index contributed by atoms with van der Waals surface area (Å²) < 4.78 is 5.37. The highest BCUT2D eigenvalue weighted by molar-refractivity contribution is 14.0. The Bertz CT molecular complexity index is 715. The van der Waals surface area contributed by atoms with Crippen LogP contribution in [-0.2, 0) is 11.3 Å². The molecule has 0 spiro atoms. The molecule has 0 bridgehead atoms. The summed E-state index contributed by atoms with van der Waals surface area (Å²) in [4.78, 5) is 30.4. The van der Waals surface area contributed by atoms with E-state index in [4.69, 9.17) is 10.2 Å². The topological polar surface area (TPSA) is 113 Å². The second kappa shape index (κ2) is 11.4. The van der Waals surface area contributed by atoms with E-state index in [9.17, 15) is 9.59 Å². The highest BCUT2D eigenvalue weighted by Crippen LogP contribution is 2.26. The van der Waals surface area contributed by atoms with Crippen LogP contribution >= 0.6 is 24.0 Å². The average molecular weight is 517 g/mol. The number of carbonyl (C=O) groups is 2. The monoisotopic (exact) mass is 517 g/mol. The molecule has 2 aliphatic rings. The van der Waals surface area contributed by atoms with E-state index in [2.05, 4.69) is 15.6 Å². The van der Waals surface area contributed by atoms with Gasteiger partial charge in [-0.1, -0.05) is 19.3 Å². The third-order valence-corrected chi connectivity index (χ3v) is 5.44. The number of hydrogen-bond donors (Lipinski definition) is 3. The molecular weight excluding hydrogens is 485 g/mol. The van der Waals surface area contributed by atoms with E-state index in [-0.39, 0.29) is 41.7 Å². The largest absolute Gasteiger partial charge is 0.454 e. The number of halogens is 1. The molecule has 1 saturated carbocycles. The van der Waals surface area contributed by atoms with Gasteiger partial charge < -0.3 is 25.7 Å². The first-order valence-corrected chi connectivity index (χ1v) is 10.3. The first-order chi connectivity index (χ1) is 13.6. The lowest BCUT2D eigenvalue weighted by Crippen LogP contribution is -2.45. The van der Waals surface area contributed by atoms with Crippen molar-refractivity contribution in [1.82, 2.24) is 15.5 Å². The van der Waals surface area contributed by atoms with Gasteiger partial charge in [-0.2, -0.15) is 0 Å². The fraction of sp³-hybridized carbons (Fsp3) is 0.650. The molecule has 8 nitrogen and oxygen atoms in total. The minimum Gasteiger partial charge on any atom is -0.454 e. The van der Waals surface area contributed by atoms with E-state index in [1.54, 1.807) is 12.1 Å². The highest BCUT2D eigenvalue weighted by atomic mass is 127. The Labute approximate surface area is 189 Å². The Morgan fingerprint density at radius 2 is 2.00 bits per heavy atom. The van der Waals surface area contributed by atoms with Crippen molar-refractivity contribution in [3.05, 3.63) is 23.7 Å². The number of nitrogens with one attached hydrogen (secondary N) is 2. The van der Waals surface area contributed by atoms with Crippen LogP contribution in [0.3, 0.4) is 0 Å². The fourth-order valence-electron chi connectivity index (χ4n) is 3.95. The smallest absolute Gasteiger partial charge is 0.284 e. The van der Waals surface area contributed by atoms with Crippen molar-refractivity contribution >= 4 is 41.8 Å². The van der Waals surface area contributed by atoms with Crippen molar-refractivity contribution < 1.29 is 14.0 Å². The molecule has 1 aliphatic carbocycles. The first kappa shape index (κ1) is 23.5. The predicted molar refractivity (Wildman–Crippen MR) is 122 cm³/mol. The van der Waals surface area contributed by atoms with Gasteiger partial charge in [0, 0.05) is 31.6 Å². The van der Waals surface area contributed by atoms with Gasteiger partial charge in [-0.3, -0.25) is 9.59 Å². The van der Waals surface area contributed by atoms with Crippen molar-refractivity contribution in [3.63, 3.8) is 0 Å². The van der Waals surface area contributed by atoms with Gasteiger partial charge in [0.25, 0.3) is 5.91 Å². The van der Waals surface area contributed by atoms with Crippen LogP contribution in [-0.4, -0.2) is 48.3 Å². The molecule has 1 atom stereocenters. The Kier molecular flexibility index (Phi) is 9.25. The van der Waals surface area contributed by atoms with Crippen LogP contribution in [0.2, 0.25) is 0 Å². The maximum atomic E-state index is 12.7.